The fourth-order valence-corrected chi connectivity index (χ4v) is 8.16. The standard InChI is InChI=1S/C46H32N4/c1-46(2)38-24-11-8-23-36(38)41-37(28-30-17-6-7-20-33(30)42(41)46)45-48-43(29-15-4-3-5-16-29)47-44(49-45)31-18-14-19-32(27-31)50-39-25-12-9-21-34(39)35-22-10-13-26-40(35)50/h3-28H,1-2H3. The molecule has 0 bridgehead atoms. The van der Waals surface area contributed by atoms with Crippen LogP contribution in [0, 0.1) is 0 Å². The summed E-state index contributed by atoms with van der Waals surface area (Å²) in [5.41, 5.74) is 11.2. The highest BCUT2D eigenvalue weighted by Gasteiger charge is 2.39. The van der Waals surface area contributed by atoms with E-state index in [1.807, 2.05) is 18.2 Å². The number of rotatable bonds is 4. The first-order chi connectivity index (χ1) is 24.6. The summed E-state index contributed by atoms with van der Waals surface area (Å²) < 4.78 is 2.34. The van der Waals surface area contributed by atoms with Gasteiger partial charge in [-0.3, -0.25) is 0 Å². The van der Waals surface area contributed by atoms with Crippen molar-refractivity contribution in [1.29, 1.82) is 0 Å². The molecule has 236 valence electrons. The molecule has 0 aliphatic heterocycles. The molecule has 1 aliphatic carbocycles. The van der Waals surface area contributed by atoms with Gasteiger partial charge < -0.3 is 4.57 Å². The van der Waals surface area contributed by atoms with Gasteiger partial charge in [-0.15, -0.1) is 0 Å². The number of aromatic nitrogens is 4. The van der Waals surface area contributed by atoms with E-state index in [-0.39, 0.29) is 5.41 Å². The molecular weight excluding hydrogens is 609 g/mol. The highest BCUT2D eigenvalue weighted by Crippen LogP contribution is 2.54. The first kappa shape index (κ1) is 28.6. The van der Waals surface area contributed by atoms with Crippen LogP contribution in [0.25, 0.3) is 83.6 Å². The Balaban J connectivity index is 1.24. The lowest BCUT2D eigenvalue weighted by Gasteiger charge is -2.24. The second-order valence-corrected chi connectivity index (χ2v) is 13.7. The number of nitrogens with zero attached hydrogens (tertiary/aromatic N) is 4. The van der Waals surface area contributed by atoms with Gasteiger partial charge >= 0.3 is 0 Å². The number of hydrogen-bond acceptors (Lipinski definition) is 3. The fourth-order valence-electron chi connectivity index (χ4n) is 8.16. The smallest absolute Gasteiger partial charge is 0.164 e. The largest absolute Gasteiger partial charge is 0.309 e. The number of benzene rings is 7. The Labute approximate surface area is 290 Å². The molecule has 9 aromatic rings. The lowest BCUT2D eigenvalue weighted by Crippen LogP contribution is -2.15. The average Bonchev–Trinajstić information content (AvgIpc) is 3.64. The summed E-state index contributed by atoms with van der Waals surface area (Å²) in [5, 5.41) is 4.91. The van der Waals surface area contributed by atoms with Crippen LogP contribution in [0.15, 0.2) is 158 Å². The van der Waals surface area contributed by atoms with Crippen LogP contribution in [0.3, 0.4) is 0 Å². The van der Waals surface area contributed by atoms with Crippen LogP contribution < -0.4 is 0 Å². The first-order valence-electron chi connectivity index (χ1n) is 17.1. The molecule has 0 saturated carbocycles. The molecule has 4 nitrogen and oxygen atoms in total. The maximum absolute atomic E-state index is 5.32. The molecule has 0 saturated heterocycles. The van der Waals surface area contributed by atoms with Crippen molar-refractivity contribution >= 4 is 32.6 Å². The van der Waals surface area contributed by atoms with Gasteiger partial charge in [-0.1, -0.05) is 141 Å². The quantitative estimate of drug-likeness (QED) is 0.192. The minimum Gasteiger partial charge on any atom is -0.309 e. The van der Waals surface area contributed by atoms with Gasteiger partial charge in [0.15, 0.2) is 17.5 Å². The molecule has 10 rings (SSSR count). The van der Waals surface area contributed by atoms with Gasteiger partial charge in [0.1, 0.15) is 0 Å². The van der Waals surface area contributed by atoms with Crippen LogP contribution in [-0.2, 0) is 5.41 Å². The van der Waals surface area contributed by atoms with Crippen LogP contribution in [0.1, 0.15) is 25.0 Å². The maximum atomic E-state index is 5.32. The van der Waals surface area contributed by atoms with E-state index in [1.165, 1.54) is 54.8 Å². The summed E-state index contributed by atoms with van der Waals surface area (Å²) in [4.78, 5) is 15.7. The molecule has 0 unspecified atom stereocenters. The third-order valence-corrected chi connectivity index (χ3v) is 10.4. The molecule has 0 atom stereocenters. The predicted molar refractivity (Wildman–Crippen MR) is 206 cm³/mol. The monoisotopic (exact) mass is 640 g/mol. The van der Waals surface area contributed by atoms with Crippen molar-refractivity contribution in [3.05, 3.63) is 169 Å². The Morgan fingerprint density at radius 1 is 0.460 bits per heavy atom. The van der Waals surface area contributed by atoms with Crippen molar-refractivity contribution in [2.45, 2.75) is 19.3 Å². The van der Waals surface area contributed by atoms with Gasteiger partial charge in [0, 0.05) is 38.6 Å². The van der Waals surface area contributed by atoms with Gasteiger partial charge in [-0.25, -0.2) is 15.0 Å². The number of hydrogen-bond donors (Lipinski definition) is 0. The molecule has 0 fully saturated rings. The second-order valence-electron chi connectivity index (χ2n) is 13.7. The summed E-state index contributed by atoms with van der Waals surface area (Å²) in [6, 6.07) is 55.8. The third kappa shape index (κ3) is 4.21. The van der Waals surface area contributed by atoms with Crippen molar-refractivity contribution in [3.63, 3.8) is 0 Å². The molecule has 50 heavy (non-hydrogen) atoms. The molecule has 0 spiro atoms. The van der Waals surface area contributed by atoms with Crippen LogP contribution in [0.5, 0.6) is 0 Å². The van der Waals surface area contributed by atoms with Crippen LogP contribution >= 0.6 is 0 Å². The van der Waals surface area contributed by atoms with E-state index in [2.05, 4.69) is 158 Å². The van der Waals surface area contributed by atoms with E-state index in [4.69, 9.17) is 15.0 Å². The highest BCUT2D eigenvalue weighted by molar-refractivity contribution is 6.09. The highest BCUT2D eigenvalue weighted by atomic mass is 15.0. The molecule has 4 heteroatoms. The summed E-state index contributed by atoms with van der Waals surface area (Å²) in [5.74, 6) is 1.97. The molecule has 7 aromatic carbocycles. The Kier molecular flexibility index (Phi) is 6.19. The van der Waals surface area contributed by atoms with Crippen LogP contribution in [-0.4, -0.2) is 19.5 Å². The van der Waals surface area contributed by atoms with Gasteiger partial charge in [0.2, 0.25) is 0 Å². The van der Waals surface area contributed by atoms with Crippen LogP contribution in [0.4, 0.5) is 0 Å². The van der Waals surface area contributed by atoms with Crippen molar-refractivity contribution in [2.24, 2.45) is 0 Å². The number of fused-ring (bicyclic) bond motifs is 8. The predicted octanol–water partition coefficient (Wildman–Crippen LogP) is 11.4. The topological polar surface area (TPSA) is 43.6 Å². The van der Waals surface area contributed by atoms with Crippen molar-refractivity contribution in [2.75, 3.05) is 0 Å². The Morgan fingerprint density at radius 3 is 1.80 bits per heavy atom. The van der Waals surface area contributed by atoms with E-state index in [0.717, 1.165) is 22.4 Å². The zero-order chi connectivity index (χ0) is 33.4. The lowest BCUT2D eigenvalue weighted by atomic mass is 9.79. The second kappa shape index (κ2) is 10.8. The van der Waals surface area contributed by atoms with E-state index in [0.29, 0.717) is 17.5 Å². The molecule has 0 amide bonds. The lowest BCUT2D eigenvalue weighted by molar-refractivity contribution is 0.666. The van der Waals surface area contributed by atoms with E-state index in [1.54, 1.807) is 0 Å². The molecule has 0 N–H and O–H groups in total. The van der Waals surface area contributed by atoms with E-state index >= 15 is 0 Å². The summed E-state index contributed by atoms with van der Waals surface area (Å²) in [7, 11) is 0. The Bertz CT molecular complexity index is 2740. The normalized spacial score (nSPS) is 13.2. The Hall–Kier alpha value is -6.39. The zero-order valence-corrected chi connectivity index (χ0v) is 27.8. The van der Waals surface area contributed by atoms with Crippen molar-refractivity contribution < 1.29 is 0 Å². The van der Waals surface area contributed by atoms with Crippen LogP contribution in [0.2, 0.25) is 0 Å². The van der Waals surface area contributed by atoms with Gasteiger partial charge in [-0.05, 0) is 63.4 Å². The van der Waals surface area contributed by atoms with Gasteiger partial charge in [0.05, 0.1) is 11.0 Å². The third-order valence-electron chi connectivity index (χ3n) is 10.4. The maximum Gasteiger partial charge on any atom is 0.164 e. The van der Waals surface area contributed by atoms with E-state index in [9.17, 15) is 0 Å². The molecule has 2 aromatic heterocycles. The summed E-state index contributed by atoms with van der Waals surface area (Å²) >= 11 is 0. The number of para-hydroxylation sites is 2. The molecule has 1 aliphatic rings. The zero-order valence-electron chi connectivity index (χ0n) is 27.8. The molecule has 0 radical (unpaired) electrons. The Morgan fingerprint density at radius 2 is 1.04 bits per heavy atom. The molecule has 2 heterocycles. The van der Waals surface area contributed by atoms with Crippen molar-refractivity contribution in [1.82, 2.24) is 19.5 Å². The fraction of sp³-hybridized carbons (Fsp3) is 0.0652. The minimum absolute atomic E-state index is 0.184. The molecular formula is C46H32N4. The van der Waals surface area contributed by atoms with Gasteiger partial charge in [-0.2, -0.15) is 0 Å². The van der Waals surface area contributed by atoms with Gasteiger partial charge in [0.25, 0.3) is 0 Å². The summed E-state index contributed by atoms with van der Waals surface area (Å²) in [6.45, 7) is 4.67. The SMILES string of the molecule is CC1(C)c2ccccc2-c2c(-c3nc(-c4ccccc4)nc(-c4cccc(-n5c6ccccc6c6ccccc65)c4)n3)cc3ccccc3c21. The van der Waals surface area contributed by atoms with E-state index < -0.39 is 0 Å². The average molecular weight is 641 g/mol. The minimum atomic E-state index is -0.184. The first-order valence-corrected chi connectivity index (χ1v) is 17.1. The summed E-state index contributed by atoms with van der Waals surface area (Å²) in [6.07, 6.45) is 0. The van der Waals surface area contributed by atoms with Crippen molar-refractivity contribution in [3.8, 4) is 51.0 Å².